The Morgan fingerprint density at radius 2 is 2.00 bits per heavy atom. The van der Waals surface area contributed by atoms with Crippen molar-refractivity contribution in [2.75, 3.05) is 13.7 Å². The summed E-state index contributed by atoms with van der Waals surface area (Å²) in [6, 6.07) is 10.1. The van der Waals surface area contributed by atoms with Gasteiger partial charge in [-0.05, 0) is 35.7 Å². The molecule has 3 rings (SSSR count). The molecule has 0 saturated carbocycles. The van der Waals surface area contributed by atoms with Crippen molar-refractivity contribution in [1.82, 2.24) is 10.9 Å². The molecular formula is C18H21FN2O2. The van der Waals surface area contributed by atoms with Crippen molar-refractivity contribution in [2.24, 2.45) is 0 Å². The predicted molar refractivity (Wildman–Crippen MR) is 87.1 cm³/mol. The van der Waals surface area contributed by atoms with E-state index in [1.807, 2.05) is 6.07 Å². The number of nitrogens with one attached hydrogen (secondary N) is 2. The normalized spacial score (nSPS) is 20.7. The smallest absolute Gasteiger partial charge is 0.125 e. The van der Waals surface area contributed by atoms with Crippen LogP contribution in [-0.4, -0.2) is 18.8 Å². The van der Waals surface area contributed by atoms with Gasteiger partial charge in [0, 0.05) is 24.1 Å². The minimum absolute atomic E-state index is 0.0864. The second-order valence-corrected chi connectivity index (χ2v) is 5.74. The van der Waals surface area contributed by atoms with Gasteiger partial charge in [-0.3, -0.25) is 5.43 Å². The van der Waals surface area contributed by atoms with Crippen molar-refractivity contribution < 1.29 is 14.2 Å². The molecule has 0 aliphatic carbocycles. The van der Waals surface area contributed by atoms with Crippen molar-refractivity contribution in [3.05, 3.63) is 58.9 Å². The van der Waals surface area contributed by atoms with Crippen molar-refractivity contribution in [2.45, 2.75) is 25.3 Å². The number of hydrogen-bond acceptors (Lipinski definition) is 4. The molecule has 5 heteroatoms. The number of ether oxygens (including phenoxy) is 1. The third-order valence-corrected chi connectivity index (χ3v) is 4.43. The van der Waals surface area contributed by atoms with E-state index in [1.165, 1.54) is 12.1 Å². The Kier molecular flexibility index (Phi) is 4.50. The molecule has 2 aromatic rings. The zero-order chi connectivity index (χ0) is 16.4. The lowest BCUT2D eigenvalue weighted by molar-refractivity contribution is 0.398. The highest BCUT2D eigenvalue weighted by Gasteiger charge is 2.32. The van der Waals surface area contributed by atoms with Crippen LogP contribution in [0.25, 0.3) is 0 Å². The van der Waals surface area contributed by atoms with E-state index in [9.17, 15) is 9.50 Å². The summed E-state index contributed by atoms with van der Waals surface area (Å²) in [5, 5.41) is 10.4. The molecule has 1 saturated heterocycles. The summed E-state index contributed by atoms with van der Waals surface area (Å²) >= 11 is 0. The van der Waals surface area contributed by atoms with Crippen LogP contribution >= 0.6 is 0 Å². The Labute approximate surface area is 135 Å². The molecule has 0 amide bonds. The molecular weight excluding hydrogens is 295 g/mol. The van der Waals surface area contributed by atoms with Crippen LogP contribution in [0.3, 0.4) is 0 Å². The molecule has 0 bridgehead atoms. The van der Waals surface area contributed by atoms with Crippen molar-refractivity contribution in [3.8, 4) is 11.5 Å². The van der Waals surface area contributed by atoms with E-state index < -0.39 is 0 Å². The van der Waals surface area contributed by atoms with Gasteiger partial charge in [-0.25, -0.2) is 9.82 Å². The van der Waals surface area contributed by atoms with Crippen LogP contribution in [0.4, 0.5) is 4.39 Å². The lowest BCUT2D eigenvalue weighted by atomic mass is 9.87. The van der Waals surface area contributed by atoms with Crippen molar-refractivity contribution in [1.29, 1.82) is 0 Å². The molecule has 23 heavy (non-hydrogen) atoms. The Morgan fingerprint density at radius 1 is 1.26 bits per heavy atom. The molecule has 1 fully saturated rings. The van der Waals surface area contributed by atoms with E-state index in [0.29, 0.717) is 12.3 Å². The first kappa shape index (κ1) is 15.8. The van der Waals surface area contributed by atoms with Gasteiger partial charge in [0.1, 0.15) is 17.3 Å². The van der Waals surface area contributed by atoms with Crippen LogP contribution in [0.15, 0.2) is 36.4 Å². The molecule has 122 valence electrons. The average molecular weight is 316 g/mol. The first-order chi connectivity index (χ1) is 11.1. The molecule has 3 N–H and O–H groups in total. The van der Waals surface area contributed by atoms with Gasteiger partial charge in [0.15, 0.2) is 0 Å². The molecule has 2 aromatic carbocycles. The Hall–Kier alpha value is -2.11. The number of hydrazine groups is 1. The average Bonchev–Trinajstić information content (AvgIpc) is 3.04. The number of rotatable bonds is 4. The van der Waals surface area contributed by atoms with Gasteiger partial charge in [0.05, 0.1) is 13.2 Å². The van der Waals surface area contributed by atoms with Gasteiger partial charge < -0.3 is 9.84 Å². The minimum atomic E-state index is -0.246. The van der Waals surface area contributed by atoms with Crippen molar-refractivity contribution in [3.63, 3.8) is 0 Å². The number of phenols is 1. The van der Waals surface area contributed by atoms with Crippen LogP contribution in [-0.2, 0) is 6.42 Å². The number of aryl methyl sites for hydroxylation is 1. The number of phenolic OH excluding ortho intramolecular Hbond substituents is 1. The molecule has 1 heterocycles. The molecule has 0 spiro atoms. The standard InChI is InChI=1S/C18H21FN2O2/c1-3-11-8-14(16(22)9-17(11)23-2)18-15(10-20-21-18)12-4-6-13(19)7-5-12/h4-9,15,18,20-22H,3,10H2,1-2H3. The largest absolute Gasteiger partial charge is 0.507 e. The first-order valence-electron chi connectivity index (χ1n) is 7.77. The molecule has 2 atom stereocenters. The van der Waals surface area contributed by atoms with Gasteiger partial charge in [-0.15, -0.1) is 0 Å². The summed E-state index contributed by atoms with van der Waals surface area (Å²) in [5.74, 6) is 0.759. The van der Waals surface area contributed by atoms with E-state index in [-0.39, 0.29) is 23.5 Å². The maximum Gasteiger partial charge on any atom is 0.125 e. The SMILES string of the molecule is CCc1cc(C2NNCC2c2ccc(F)cc2)c(O)cc1OC. The highest BCUT2D eigenvalue weighted by molar-refractivity contribution is 5.48. The quantitative estimate of drug-likeness (QED) is 0.811. The molecule has 1 aliphatic heterocycles. The molecule has 4 nitrogen and oxygen atoms in total. The van der Waals surface area contributed by atoms with Crippen LogP contribution in [0.2, 0.25) is 0 Å². The maximum absolute atomic E-state index is 13.2. The van der Waals surface area contributed by atoms with Crippen LogP contribution < -0.4 is 15.6 Å². The number of methoxy groups -OCH3 is 1. The first-order valence-corrected chi connectivity index (χ1v) is 7.77. The minimum Gasteiger partial charge on any atom is -0.507 e. The predicted octanol–water partition coefficient (Wildman–Crippen LogP) is 3.04. The van der Waals surface area contributed by atoms with Gasteiger partial charge in [0.2, 0.25) is 0 Å². The van der Waals surface area contributed by atoms with E-state index in [4.69, 9.17) is 4.74 Å². The Bertz CT molecular complexity index is 688. The highest BCUT2D eigenvalue weighted by atomic mass is 19.1. The lowest BCUT2D eigenvalue weighted by Crippen LogP contribution is -2.25. The van der Waals surface area contributed by atoms with E-state index >= 15 is 0 Å². The lowest BCUT2D eigenvalue weighted by Gasteiger charge is -2.22. The van der Waals surface area contributed by atoms with Gasteiger partial charge in [0.25, 0.3) is 0 Å². The maximum atomic E-state index is 13.2. The summed E-state index contributed by atoms with van der Waals surface area (Å²) < 4.78 is 18.5. The van der Waals surface area contributed by atoms with Crippen LogP contribution in [0.5, 0.6) is 11.5 Å². The summed E-state index contributed by atoms with van der Waals surface area (Å²) in [6.45, 7) is 2.76. The summed E-state index contributed by atoms with van der Waals surface area (Å²) in [5.41, 5.74) is 9.26. The van der Waals surface area contributed by atoms with Gasteiger partial charge in [-0.2, -0.15) is 0 Å². The molecule has 0 aromatic heterocycles. The number of hydrogen-bond donors (Lipinski definition) is 3. The molecule has 2 unspecified atom stereocenters. The fraction of sp³-hybridized carbons (Fsp3) is 0.333. The third kappa shape index (κ3) is 3.02. The number of aromatic hydroxyl groups is 1. The summed E-state index contributed by atoms with van der Waals surface area (Å²) in [6.07, 6.45) is 0.817. The molecule has 1 aliphatic rings. The zero-order valence-corrected chi connectivity index (χ0v) is 13.3. The van der Waals surface area contributed by atoms with Crippen molar-refractivity contribution >= 4 is 0 Å². The Morgan fingerprint density at radius 3 is 2.65 bits per heavy atom. The van der Waals surface area contributed by atoms with Crippen LogP contribution in [0.1, 0.15) is 35.6 Å². The number of halogens is 1. The fourth-order valence-electron chi connectivity index (χ4n) is 3.16. The topological polar surface area (TPSA) is 53.5 Å². The summed E-state index contributed by atoms with van der Waals surface area (Å²) in [4.78, 5) is 0. The van der Waals surface area contributed by atoms with Gasteiger partial charge in [-0.1, -0.05) is 19.1 Å². The zero-order valence-electron chi connectivity index (χ0n) is 13.3. The third-order valence-electron chi connectivity index (χ3n) is 4.43. The highest BCUT2D eigenvalue weighted by Crippen LogP contribution is 2.40. The van der Waals surface area contributed by atoms with Crippen LogP contribution in [0, 0.1) is 5.82 Å². The second-order valence-electron chi connectivity index (χ2n) is 5.74. The van der Waals surface area contributed by atoms with E-state index in [1.54, 1.807) is 25.3 Å². The fourth-order valence-corrected chi connectivity index (χ4v) is 3.16. The van der Waals surface area contributed by atoms with E-state index in [2.05, 4.69) is 17.8 Å². The Balaban J connectivity index is 1.98. The van der Waals surface area contributed by atoms with E-state index in [0.717, 1.165) is 23.1 Å². The monoisotopic (exact) mass is 316 g/mol. The number of benzene rings is 2. The second kappa shape index (κ2) is 6.56. The van der Waals surface area contributed by atoms with Gasteiger partial charge >= 0.3 is 0 Å². The summed E-state index contributed by atoms with van der Waals surface area (Å²) in [7, 11) is 1.60. The molecule has 0 radical (unpaired) electrons.